The van der Waals surface area contributed by atoms with Gasteiger partial charge in [0.25, 0.3) is 21.6 Å². The van der Waals surface area contributed by atoms with E-state index in [1.54, 1.807) is 12.1 Å². The highest BCUT2D eigenvalue weighted by Crippen LogP contribution is 2.28. The number of hydrogen-bond acceptors (Lipinski definition) is 7. The van der Waals surface area contributed by atoms with Gasteiger partial charge in [-0.1, -0.05) is 6.07 Å². The number of carbonyl (C=O) groups excluding carboxylic acids is 2. The summed E-state index contributed by atoms with van der Waals surface area (Å²) in [5.41, 5.74) is 4.29. The zero-order chi connectivity index (χ0) is 21.9. The lowest BCUT2D eigenvalue weighted by molar-refractivity contribution is -0.384. The molecule has 1 atom stereocenters. The van der Waals surface area contributed by atoms with Gasteiger partial charge in [0.2, 0.25) is 5.91 Å². The summed E-state index contributed by atoms with van der Waals surface area (Å²) in [6.45, 7) is 2.15. The number of non-ortho nitro benzene ring substituents is 1. The number of rotatable bonds is 5. The minimum Gasteiger partial charge on any atom is -0.273 e. The first-order valence-electron chi connectivity index (χ1n) is 9.09. The Morgan fingerprint density at radius 3 is 2.67 bits per heavy atom. The van der Waals surface area contributed by atoms with Gasteiger partial charge in [0.05, 0.1) is 10.8 Å². The van der Waals surface area contributed by atoms with Gasteiger partial charge in [-0.05, 0) is 38.0 Å². The summed E-state index contributed by atoms with van der Waals surface area (Å²) < 4.78 is 27.1. The molecule has 1 fully saturated rings. The van der Waals surface area contributed by atoms with E-state index in [0.29, 0.717) is 19.4 Å². The van der Waals surface area contributed by atoms with Crippen LogP contribution >= 0.6 is 11.3 Å². The third-order valence-electron chi connectivity index (χ3n) is 4.68. The highest BCUT2D eigenvalue weighted by molar-refractivity contribution is 7.91. The van der Waals surface area contributed by atoms with Crippen molar-refractivity contribution in [2.75, 3.05) is 13.1 Å². The van der Waals surface area contributed by atoms with Crippen molar-refractivity contribution in [2.45, 2.75) is 24.0 Å². The van der Waals surface area contributed by atoms with E-state index in [9.17, 15) is 28.1 Å². The minimum absolute atomic E-state index is 0.0117. The van der Waals surface area contributed by atoms with Crippen LogP contribution in [0.2, 0.25) is 0 Å². The Morgan fingerprint density at radius 2 is 2.00 bits per heavy atom. The number of nitrogens with one attached hydrogen (secondary N) is 2. The minimum atomic E-state index is -3.67. The van der Waals surface area contributed by atoms with Crippen LogP contribution < -0.4 is 10.9 Å². The smallest absolute Gasteiger partial charge is 0.270 e. The average molecular weight is 453 g/mol. The largest absolute Gasteiger partial charge is 0.273 e. The molecule has 0 saturated carbocycles. The maximum atomic E-state index is 12.8. The Kier molecular flexibility index (Phi) is 6.48. The van der Waals surface area contributed by atoms with Crippen molar-refractivity contribution in [1.82, 2.24) is 15.2 Å². The van der Waals surface area contributed by atoms with Crippen molar-refractivity contribution in [3.8, 4) is 0 Å². The number of benzene rings is 1. The summed E-state index contributed by atoms with van der Waals surface area (Å²) in [5.74, 6) is -1.85. The molecule has 2 amide bonds. The van der Waals surface area contributed by atoms with Gasteiger partial charge in [-0.25, -0.2) is 8.42 Å². The molecule has 2 aromatic rings. The Hall–Kier alpha value is -2.83. The van der Waals surface area contributed by atoms with Gasteiger partial charge in [-0.15, -0.1) is 11.3 Å². The van der Waals surface area contributed by atoms with Gasteiger partial charge >= 0.3 is 0 Å². The van der Waals surface area contributed by atoms with Crippen LogP contribution in [0.5, 0.6) is 0 Å². The van der Waals surface area contributed by atoms with Crippen LogP contribution in [0, 0.1) is 23.0 Å². The number of nitro benzene ring substituents is 1. The number of hydrazine groups is 1. The summed E-state index contributed by atoms with van der Waals surface area (Å²) in [4.78, 5) is 35.7. The lowest BCUT2D eigenvalue weighted by Crippen LogP contribution is -2.49. The Morgan fingerprint density at radius 1 is 1.23 bits per heavy atom. The topological polar surface area (TPSA) is 139 Å². The van der Waals surface area contributed by atoms with Crippen molar-refractivity contribution < 1.29 is 22.9 Å². The predicted molar refractivity (Wildman–Crippen MR) is 109 cm³/mol. The third kappa shape index (κ3) is 4.83. The second-order valence-corrected chi connectivity index (χ2v) is 10.3. The normalized spacial score (nSPS) is 17.3. The lowest BCUT2D eigenvalue weighted by atomic mass is 9.99. The number of carbonyl (C=O) groups is 2. The highest BCUT2D eigenvalue weighted by atomic mass is 32.2. The van der Waals surface area contributed by atoms with Crippen molar-refractivity contribution in [1.29, 1.82) is 0 Å². The molecular formula is C18H20N4O6S2. The molecule has 160 valence electrons. The molecule has 1 aromatic heterocycles. The van der Waals surface area contributed by atoms with Crippen LogP contribution in [0.4, 0.5) is 5.69 Å². The molecule has 30 heavy (non-hydrogen) atoms. The molecule has 1 unspecified atom stereocenters. The maximum Gasteiger partial charge on any atom is 0.270 e. The molecule has 1 aliphatic heterocycles. The van der Waals surface area contributed by atoms with E-state index in [4.69, 9.17) is 0 Å². The predicted octanol–water partition coefficient (Wildman–Crippen LogP) is 1.83. The second-order valence-electron chi connectivity index (χ2n) is 6.82. The van der Waals surface area contributed by atoms with Gasteiger partial charge in [-0.2, -0.15) is 4.31 Å². The third-order valence-corrected chi connectivity index (χ3v) is 8.02. The number of sulfonamides is 1. The summed E-state index contributed by atoms with van der Waals surface area (Å²) in [5, 5.41) is 10.8. The second kappa shape index (κ2) is 8.90. The molecule has 1 aliphatic rings. The summed E-state index contributed by atoms with van der Waals surface area (Å²) in [6.07, 6.45) is 0.995. The molecule has 0 spiro atoms. The number of nitro groups is 1. The molecular weight excluding hydrogens is 432 g/mol. The average Bonchev–Trinajstić information content (AvgIpc) is 3.19. The van der Waals surface area contributed by atoms with Gasteiger partial charge in [0.15, 0.2) is 0 Å². The van der Waals surface area contributed by atoms with Gasteiger partial charge in [0, 0.05) is 35.7 Å². The first-order valence-corrected chi connectivity index (χ1v) is 11.4. The van der Waals surface area contributed by atoms with Crippen molar-refractivity contribution in [3.05, 3.63) is 57.0 Å². The fourth-order valence-electron chi connectivity index (χ4n) is 3.11. The lowest BCUT2D eigenvalue weighted by Gasteiger charge is -2.30. The molecule has 2 N–H and O–H groups in total. The SMILES string of the molecule is Cc1ccc(S(=O)(=O)N2CCCC(C(=O)NNC(=O)c3cccc([N+](=O)[O-])c3)C2)s1. The van der Waals surface area contributed by atoms with Crippen LogP contribution in [0.15, 0.2) is 40.6 Å². The van der Waals surface area contributed by atoms with E-state index in [1.807, 2.05) is 6.92 Å². The Balaban J connectivity index is 1.61. The molecule has 3 rings (SSSR count). The van der Waals surface area contributed by atoms with E-state index >= 15 is 0 Å². The van der Waals surface area contributed by atoms with Crippen LogP contribution in [-0.4, -0.2) is 42.6 Å². The molecule has 12 heteroatoms. The molecule has 10 nitrogen and oxygen atoms in total. The van der Waals surface area contributed by atoms with Crippen LogP contribution in [0.25, 0.3) is 0 Å². The van der Waals surface area contributed by atoms with Crippen LogP contribution in [0.3, 0.4) is 0 Å². The maximum absolute atomic E-state index is 12.8. The highest BCUT2D eigenvalue weighted by Gasteiger charge is 2.34. The van der Waals surface area contributed by atoms with E-state index in [-0.39, 0.29) is 22.0 Å². The number of nitrogens with zero attached hydrogens (tertiary/aromatic N) is 2. The van der Waals surface area contributed by atoms with E-state index < -0.39 is 32.7 Å². The van der Waals surface area contributed by atoms with Gasteiger partial charge in [-0.3, -0.25) is 30.6 Å². The van der Waals surface area contributed by atoms with Crippen LogP contribution in [0.1, 0.15) is 28.1 Å². The Labute approximate surface area is 177 Å². The molecule has 0 aliphatic carbocycles. The molecule has 2 heterocycles. The number of thiophene rings is 1. The van der Waals surface area contributed by atoms with Crippen molar-refractivity contribution >= 4 is 38.9 Å². The number of aryl methyl sites for hydroxylation is 1. The quantitative estimate of drug-likeness (QED) is 0.524. The fraction of sp³-hybridized carbons (Fsp3) is 0.333. The summed E-state index contributed by atoms with van der Waals surface area (Å²) in [7, 11) is -3.67. The first-order chi connectivity index (χ1) is 14.2. The van der Waals surface area contributed by atoms with Gasteiger partial charge < -0.3 is 0 Å². The molecule has 1 saturated heterocycles. The number of amides is 2. The van der Waals surface area contributed by atoms with Crippen LogP contribution in [-0.2, 0) is 14.8 Å². The molecule has 0 bridgehead atoms. The molecule has 1 aromatic carbocycles. The zero-order valence-electron chi connectivity index (χ0n) is 16.0. The first kappa shape index (κ1) is 21.9. The summed E-state index contributed by atoms with van der Waals surface area (Å²) in [6, 6.07) is 8.38. The Bertz CT molecular complexity index is 1080. The zero-order valence-corrected chi connectivity index (χ0v) is 17.7. The number of hydrogen-bond donors (Lipinski definition) is 2. The summed E-state index contributed by atoms with van der Waals surface area (Å²) >= 11 is 1.18. The van der Waals surface area contributed by atoms with E-state index in [1.165, 1.54) is 33.8 Å². The molecule has 0 radical (unpaired) electrons. The monoisotopic (exact) mass is 452 g/mol. The van der Waals surface area contributed by atoms with Crippen molar-refractivity contribution in [3.63, 3.8) is 0 Å². The van der Waals surface area contributed by atoms with Crippen molar-refractivity contribution in [2.24, 2.45) is 5.92 Å². The number of piperidine rings is 1. The van der Waals surface area contributed by atoms with Gasteiger partial charge in [0.1, 0.15) is 4.21 Å². The fourth-order valence-corrected chi connectivity index (χ4v) is 6.07. The standard InChI is InChI=1S/C18H20N4O6S2/c1-12-7-8-16(29-12)30(27,28)21-9-3-5-14(11-21)18(24)20-19-17(23)13-4-2-6-15(10-13)22(25)26/h2,4,6-8,10,14H,3,5,9,11H2,1H3,(H,19,23)(H,20,24). The van der Waals surface area contributed by atoms with E-state index in [0.717, 1.165) is 10.9 Å². The van der Waals surface area contributed by atoms with E-state index in [2.05, 4.69) is 10.9 Å².